The van der Waals surface area contributed by atoms with Crippen molar-refractivity contribution in [1.82, 2.24) is 19.4 Å². The predicted molar refractivity (Wildman–Crippen MR) is 139 cm³/mol. The molecule has 1 fully saturated rings. The zero-order valence-corrected chi connectivity index (χ0v) is 20.4. The van der Waals surface area contributed by atoms with Crippen molar-refractivity contribution in [1.29, 1.82) is 0 Å². The summed E-state index contributed by atoms with van der Waals surface area (Å²) in [7, 11) is 0. The summed E-state index contributed by atoms with van der Waals surface area (Å²) in [5.74, 6) is 0.798. The van der Waals surface area contributed by atoms with Gasteiger partial charge in [0.25, 0.3) is 11.5 Å². The Morgan fingerprint density at radius 2 is 1.51 bits per heavy atom. The number of aryl methyl sites for hydroxylation is 2. The van der Waals surface area contributed by atoms with Gasteiger partial charge in [-0.2, -0.15) is 0 Å². The lowest BCUT2D eigenvalue weighted by atomic mass is 10.1. The van der Waals surface area contributed by atoms with Crippen LogP contribution in [-0.2, 0) is 0 Å². The molecule has 0 radical (unpaired) electrons. The summed E-state index contributed by atoms with van der Waals surface area (Å²) in [5.41, 5.74) is 4.36. The van der Waals surface area contributed by atoms with Gasteiger partial charge in [0.2, 0.25) is 0 Å². The van der Waals surface area contributed by atoms with E-state index in [0.717, 1.165) is 41.3 Å². The Bertz CT molecular complexity index is 1430. The Balaban J connectivity index is 1.45. The highest BCUT2D eigenvalue weighted by atomic mass is 16.2. The Hall–Kier alpha value is -3.77. The summed E-state index contributed by atoms with van der Waals surface area (Å²) >= 11 is 0. The SMILES string of the molecule is Cc1ccc(-n2c(C(C)N3CCN(C(=O)c4ccccc4C)CC3)nc3ccccc3c2=O)cc1. The average molecular weight is 467 g/mol. The maximum absolute atomic E-state index is 13.6. The first kappa shape index (κ1) is 23.0. The summed E-state index contributed by atoms with van der Waals surface area (Å²) in [6.07, 6.45) is 0. The molecule has 0 aliphatic carbocycles. The van der Waals surface area contributed by atoms with Crippen molar-refractivity contribution < 1.29 is 4.79 Å². The van der Waals surface area contributed by atoms with Gasteiger partial charge in [-0.25, -0.2) is 4.98 Å². The molecule has 4 aromatic rings. The van der Waals surface area contributed by atoms with Crippen LogP contribution in [0, 0.1) is 13.8 Å². The highest BCUT2D eigenvalue weighted by Crippen LogP contribution is 2.24. The highest BCUT2D eigenvalue weighted by molar-refractivity contribution is 5.95. The van der Waals surface area contributed by atoms with E-state index < -0.39 is 0 Å². The smallest absolute Gasteiger partial charge is 0.266 e. The zero-order valence-electron chi connectivity index (χ0n) is 20.4. The van der Waals surface area contributed by atoms with Crippen LogP contribution in [0.5, 0.6) is 0 Å². The van der Waals surface area contributed by atoms with Crippen molar-refractivity contribution >= 4 is 16.8 Å². The third kappa shape index (κ3) is 4.37. The summed E-state index contributed by atoms with van der Waals surface area (Å²) in [5, 5.41) is 0.609. The average Bonchev–Trinajstić information content (AvgIpc) is 2.89. The first-order valence-corrected chi connectivity index (χ1v) is 12.1. The predicted octanol–water partition coefficient (Wildman–Crippen LogP) is 4.52. The van der Waals surface area contributed by atoms with Crippen molar-refractivity contribution in [3.05, 3.63) is 106 Å². The fourth-order valence-electron chi connectivity index (χ4n) is 4.83. The van der Waals surface area contributed by atoms with Crippen LogP contribution < -0.4 is 5.56 Å². The second-order valence-corrected chi connectivity index (χ2v) is 9.28. The molecule has 0 saturated carbocycles. The molecule has 1 aromatic heterocycles. The Morgan fingerprint density at radius 1 is 0.857 bits per heavy atom. The number of carbonyl (C=O) groups excluding carboxylic acids is 1. The maximum Gasteiger partial charge on any atom is 0.266 e. The minimum atomic E-state index is -0.0932. The summed E-state index contributed by atoms with van der Waals surface area (Å²) < 4.78 is 1.75. The number of aromatic nitrogens is 2. The molecule has 3 aromatic carbocycles. The molecule has 0 bridgehead atoms. The first-order valence-electron chi connectivity index (χ1n) is 12.1. The molecule has 178 valence electrons. The Kier molecular flexibility index (Phi) is 6.22. The van der Waals surface area contributed by atoms with Crippen LogP contribution in [0.4, 0.5) is 0 Å². The quantitative estimate of drug-likeness (QED) is 0.444. The van der Waals surface area contributed by atoms with E-state index in [4.69, 9.17) is 4.98 Å². The largest absolute Gasteiger partial charge is 0.336 e. The lowest BCUT2D eigenvalue weighted by molar-refractivity contribution is 0.0572. The molecule has 1 unspecified atom stereocenters. The monoisotopic (exact) mass is 466 g/mol. The van der Waals surface area contributed by atoms with Gasteiger partial charge in [0.05, 0.1) is 22.6 Å². The maximum atomic E-state index is 13.6. The van der Waals surface area contributed by atoms with Gasteiger partial charge >= 0.3 is 0 Å². The van der Waals surface area contributed by atoms with Crippen molar-refractivity contribution in [2.75, 3.05) is 26.2 Å². The minimum absolute atomic E-state index is 0.0605. The van der Waals surface area contributed by atoms with E-state index in [1.165, 1.54) is 0 Å². The van der Waals surface area contributed by atoms with Gasteiger partial charge in [-0.3, -0.25) is 19.1 Å². The third-order valence-electron chi connectivity index (χ3n) is 6.99. The van der Waals surface area contributed by atoms with E-state index >= 15 is 0 Å². The number of amides is 1. The molecule has 1 saturated heterocycles. The van der Waals surface area contributed by atoms with Gasteiger partial charge in [0.15, 0.2) is 0 Å². The number of rotatable bonds is 4. The van der Waals surface area contributed by atoms with Gasteiger partial charge in [0, 0.05) is 31.7 Å². The second-order valence-electron chi connectivity index (χ2n) is 9.28. The Labute approximate surface area is 205 Å². The normalized spacial score (nSPS) is 15.3. The van der Waals surface area contributed by atoms with Crippen LogP contribution in [0.3, 0.4) is 0 Å². The summed E-state index contributed by atoms with van der Waals surface area (Å²) in [6, 6.07) is 23.1. The van der Waals surface area contributed by atoms with Gasteiger partial charge in [-0.05, 0) is 56.7 Å². The van der Waals surface area contributed by atoms with Crippen LogP contribution in [0.2, 0.25) is 0 Å². The molecule has 2 heterocycles. The van der Waals surface area contributed by atoms with Crippen LogP contribution in [0.25, 0.3) is 16.6 Å². The molecular formula is C29H30N4O2. The highest BCUT2D eigenvalue weighted by Gasteiger charge is 2.28. The standard InChI is InChI=1S/C29H30N4O2/c1-20-12-14-23(15-13-20)33-27(30-26-11-7-6-10-25(26)29(33)35)22(3)31-16-18-32(19-17-31)28(34)24-9-5-4-8-21(24)2/h4-15,22H,16-19H2,1-3H3. The molecule has 1 aliphatic rings. The number of fused-ring (bicyclic) bond motifs is 1. The Morgan fingerprint density at radius 3 is 2.23 bits per heavy atom. The van der Waals surface area contributed by atoms with Gasteiger partial charge < -0.3 is 4.90 Å². The lowest BCUT2D eigenvalue weighted by Crippen LogP contribution is -2.50. The lowest BCUT2D eigenvalue weighted by Gasteiger charge is -2.38. The molecule has 1 amide bonds. The van der Waals surface area contributed by atoms with Crippen LogP contribution in [-0.4, -0.2) is 51.4 Å². The molecule has 5 rings (SSSR count). The number of hydrogen-bond acceptors (Lipinski definition) is 4. The third-order valence-corrected chi connectivity index (χ3v) is 6.99. The van der Waals surface area contributed by atoms with E-state index in [9.17, 15) is 9.59 Å². The van der Waals surface area contributed by atoms with Crippen LogP contribution >= 0.6 is 0 Å². The fraction of sp³-hybridized carbons (Fsp3) is 0.276. The van der Waals surface area contributed by atoms with Gasteiger partial charge in [0.1, 0.15) is 5.82 Å². The topological polar surface area (TPSA) is 58.4 Å². The number of piperazine rings is 1. The number of carbonyl (C=O) groups is 1. The molecule has 6 nitrogen and oxygen atoms in total. The van der Waals surface area contributed by atoms with Crippen LogP contribution in [0.1, 0.15) is 40.3 Å². The van der Waals surface area contributed by atoms with Crippen molar-refractivity contribution in [3.8, 4) is 5.69 Å². The number of nitrogens with zero attached hydrogens (tertiary/aromatic N) is 4. The molecule has 1 aliphatic heterocycles. The molecule has 35 heavy (non-hydrogen) atoms. The van der Waals surface area contributed by atoms with E-state index in [1.54, 1.807) is 4.57 Å². The molecular weight excluding hydrogens is 436 g/mol. The molecule has 1 atom stereocenters. The van der Waals surface area contributed by atoms with Crippen LogP contribution in [0.15, 0.2) is 77.6 Å². The minimum Gasteiger partial charge on any atom is -0.336 e. The van der Waals surface area contributed by atoms with Crippen molar-refractivity contribution in [2.45, 2.75) is 26.8 Å². The fourth-order valence-corrected chi connectivity index (χ4v) is 4.83. The van der Waals surface area contributed by atoms with Crippen molar-refractivity contribution in [2.24, 2.45) is 0 Å². The van der Waals surface area contributed by atoms with E-state index in [2.05, 4.69) is 11.8 Å². The number of para-hydroxylation sites is 1. The van der Waals surface area contributed by atoms with E-state index in [0.29, 0.717) is 24.0 Å². The second kappa shape index (κ2) is 9.47. The zero-order chi connectivity index (χ0) is 24.5. The molecule has 0 N–H and O–H groups in total. The van der Waals surface area contributed by atoms with E-state index in [-0.39, 0.29) is 17.5 Å². The summed E-state index contributed by atoms with van der Waals surface area (Å²) in [4.78, 5) is 35.9. The van der Waals surface area contributed by atoms with E-state index in [1.807, 2.05) is 91.5 Å². The molecule has 0 spiro atoms. The van der Waals surface area contributed by atoms with Gasteiger partial charge in [-0.1, -0.05) is 48.0 Å². The number of hydrogen-bond donors (Lipinski definition) is 0. The summed E-state index contributed by atoms with van der Waals surface area (Å²) in [6.45, 7) is 8.82. The molecule has 6 heteroatoms. The first-order chi connectivity index (χ1) is 16.9. The number of benzene rings is 3. The van der Waals surface area contributed by atoms with Crippen molar-refractivity contribution in [3.63, 3.8) is 0 Å². The van der Waals surface area contributed by atoms with Gasteiger partial charge in [-0.15, -0.1) is 0 Å².